The van der Waals surface area contributed by atoms with Crippen molar-refractivity contribution in [2.24, 2.45) is 5.92 Å². The molecule has 0 aromatic rings. The molecule has 0 amide bonds. The van der Waals surface area contributed by atoms with Crippen LogP contribution >= 0.6 is 0 Å². The Kier molecular flexibility index (Phi) is 21.3. The first-order valence-corrected chi connectivity index (χ1v) is 12.1. The highest BCUT2D eigenvalue weighted by atomic mass is 16.5. The minimum atomic E-state index is -0.517. The molecular weight excluding hydrogens is 380 g/mol. The maximum Gasteiger partial charge on any atom is 0.331 e. The highest BCUT2D eigenvalue weighted by Crippen LogP contribution is 2.12. The summed E-state index contributed by atoms with van der Waals surface area (Å²) in [5, 5.41) is 0. The Labute approximate surface area is 184 Å². The lowest BCUT2D eigenvalue weighted by Gasteiger charge is -2.09. The zero-order valence-corrected chi connectivity index (χ0v) is 19.8. The van der Waals surface area contributed by atoms with Gasteiger partial charge in [-0.3, -0.25) is 0 Å². The van der Waals surface area contributed by atoms with E-state index in [1.54, 1.807) is 7.11 Å². The average Bonchev–Trinajstić information content (AvgIpc) is 2.74. The maximum absolute atomic E-state index is 11.6. The van der Waals surface area contributed by atoms with E-state index in [0.29, 0.717) is 19.8 Å². The predicted octanol–water partition coefficient (Wildman–Crippen LogP) is 6.39. The third-order valence-electron chi connectivity index (χ3n) is 5.17. The molecule has 0 bridgehead atoms. The summed E-state index contributed by atoms with van der Waals surface area (Å²) in [6, 6.07) is 0. The molecule has 0 rings (SSSR count). The van der Waals surface area contributed by atoms with Crippen molar-refractivity contribution >= 4 is 11.9 Å². The third-order valence-corrected chi connectivity index (χ3v) is 5.17. The Morgan fingerprint density at radius 3 is 1.67 bits per heavy atom. The summed E-state index contributed by atoms with van der Waals surface area (Å²) >= 11 is 0. The molecule has 0 saturated carbocycles. The van der Waals surface area contributed by atoms with Crippen LogP contribution in [0.3, 0.4) is 0 Å². The lowest BCUT2D eigenvalue weighted by molar-refractivity contribution is -0.141. The van der Waals surface area contributed by atoms with E-state index < -0.39 is 11.9 Å². The minimum Gasteiger partial charge on any atom is -0.463 e. The van der Waals surface area contributed by atoms with Gasteiger partial charge in [0, 0.05) is 25.9 Å². The van der Waals surface area contributed by atoms with E-state index in [-0.39, 0.29) is 5.92 Å². The maximum atomic E-state index is 11.6. The molecule has 0 aromatic carbocycles. The second-order valence-corrected chi connectivity index (χ2v) is 8.26. The summed E-state index contributed by atoms with van der Waals surface area (Å²) < 4.78 is 15.2. The number of carbonyl (C=O) groups is 2. The number of unbranched alkanes of at least 4 members (excludes halogenated alkanes) is 12. The number of ether oxygens (including phenoxy) is 3. The minimum absolute atomic E-state index is 0.227. The third kappa shape index (κ3) is 21.4. The van der Waals surface area contributed by atoms with Crippen LogP contribution in [0.15, 0.2) is 12.2 Å². The predicted molar refractivity (Wildman–Crippen MR) is 122 cm³/mol. The quantitative estimate of drug-likeness (QED) is 0.121. The molecule has 0 aliphatic carbocycles. The van der Waals surface area contributed by atoms with E-state index >= 15 is 0 Å². The fraction of sp³-hybridized carbons (Fsp3) is 0.840. The van der Waals surface area contributed by atoms with Gasteiger partial charge in [-0.2, -0.15) is 0 Å². The van der Waals surface area contributed by atoms with Crippen molar-refractivity contribution in [2.45, 2.75) is 104 Å². The lowest BCUT2D eigenvalue weighted by atomic mass is 10.0. The second kappa shape index (κ2) is 22.3. The fourth-order valence-corrected chi connectivity index (χ4v) is 3.15. The van der Waals surface area contributed by atoms with E-state index in [0.717, 1.165) is 31.4 Å². The van der Waals surface area contributed by atoms with Crippen LogP contribution in [0.25, 0.3) is 0 Å². The monoisotopic (exact) mass is 426 g/mol. The molecule has 0 spiro atoms. The smallest absolute Gasteiger partial charge is 0.331 e. The molecule has 5 heteroatoms. The number of carbonyl (C=O) groups excluding carboxylic acids is 2. The van der Waals surface area contributed by atoms with Gasteiger partial charge in [-0.1, -0.05) is 90.9 Å². The molecule has 0 saturated heterocycles. The Hall–Kier alpha value is -1.36. The second-order valence-electron chi connectivity index (χ2n) is 8.26. The van der Waals surface area contributed by atoms with E-state index in [1.807, 2.05) is 6.92 Å². The van der Waals surface area contributed by atoms with Gasteiger partial charge in [-0.05, 0) is 18.8 Å². The van der Waals surface area contributed by atoms with Crippen LogP contribution in [-0.4, -0.2) is 38.9 Å². The van der Waals surface area contributed by atoms with Gasteiger partial charge < -0.3 is 14.2 Å². The Morgan fingerprint density at radius 2 is 1.17 bits per heavy atom. The molecule has 0 radical (unpaired) electrons. The molecule has 30 heavy (non-hydrogen) atoms. The van der Waals surface area contributed by atoms with Gasteiger partial charge in [0.05, 0.1) is 13.2 Å². The Balaban J connectivity index is 3.44. The van der Waals surface area contributed by atoms with Crippen molar-refractivity contribution in [1.82, 2.24) is 0 Å². The van der Waals surface area contributed by atoms with Crippen molar-refractivity contribution in [2.75, 3.05) is 26.9 Å². The van der Waals surface area contributed by atoms with Gasteiger partial charge >= 0.3 is 11.9 Å². The number of hydrogen-bond donors (Lipinski definition) is 0. The molecule has 1 atom stereocenters. The van der Waals surface area contributed by atoms with Crippen LogP contribution in [0.2, 0.25) is 0 Å². The first-order chi connectivity index (χ1) is 14.6. The topological polar surface area (TPSA) is 61.8 Å². The van der Waals surface area contributed by atoms with Crippen LogP contribution in [-0.2, 0) is 23.8 Å². The van der Waals surface area contributed by atoms with E-state index in [2.05, 4.69) is 6.92 Å². The molecule has 0 heterocycles. The highest BCUT2D eigenvalue weighted by Gasteiger charge is 2.06. The van der Waals surface area contributed by atoms with Gasteiger partial charge in [0.25, 0.3) is 0 Å². The van der Waals surface area contributed by atoms with Crippen molar-refractivity contribution in [1.29, 1.82) is 0 Å². The Morgan fingerprint density at radius 1 is 0.700 bits per heavy atom. The van der Waals surface area contributed by atoms with Gasteiger partial charge in [0.2, 0.25) is 0 Å². The summed E-state index contributed by atoms with van der Waals surface area (Å²) in [6.07, 6.45) is 19.8. The molecule has 0 aliphatic rings. The van der Waals surface area contributed by atoms with Crippen LogP contribution in [0.4, 0.5) is 0 Å². The zero-order valence-electron chi connectivity index (χ0n) is 19.8. The van der Waals surface area contributed by atoms with Crippen LogP contribution in [0.1, 0.15) is 104 Å². The van der Waals surface area contributed by atoms with Crippen LogP contribution < -0.4 is 0 Å². The van der Waals surface area contributed by atoms with E-state index in [4.69, 9.17) is 14.2 Å². The fourth-order valence-electron chi connectivity index (χ4n) is 3.15. The SMILES string of the molecule is CCCCCCCCCCCCCCCOC(=O)/C=C/C(=O)OCC(C)CCOC. The first-order valence-electron chi connectivity index (χ1n) is 12.1. The molecule has 0 fully saturated rings. The molecule has 0 N–H and O–H groups in total. The average molecular weight is 427 g/mol. The zero-order chi connectivity index (χ0) is 22.3. The van der Waals surface area contributed by atoms with Crippen molar-refractivity contribution in [3.63, 3.8) is 0 Å². The number of methoxy groups -OCH3 is 1. The van der Waals surface area contributed by atoms with Crippen molar-refractivity contribution in [3.8, 4) is 0 Å². The number of hydrogen-bond acceptors (Lipinski definition) is 5. The van der Waals surface area contributed by atoms with Crippen LogP contribution in [0.5, 0.6) is 0 Å². The molecule has 1 unspecified atom stereocenters. The van der Waals surface area contributed by atoms with Crippen LogP contribution in [0, 0.1) is 5.92 Å². The molecule has 5 nitrogen and oxygen atoms in total. The summed E-state index contributed by atoms with van der Waals surface area (Å²) in [5.41, 5.74) is 0. The van der Waals surface area contributed by atoms with E-state index in [9.17, 15) is 9.59 Å². The van der Waals surface area contributed by atoms with Crippen molar-refractivity contribution < 1.29 is 23.8 Å². The lowest BCUT2D eigenvalue weighted by Crippen LogP contribution is -2.12. The Bertz CT molecular complexity index is 433. The van der Waals surface area contributed by atoms with Gasteiger partial charge in [-0.25, -0.2) is 9.59 Å². The normalized spacial score (nSPS) is 12.2. The first kappa shape index (κ1) is 28.6. The van der Waals surface area contributed by atoms with Gasteiger partial charge in [0.1, 0.15) is 0 Å². The molecular formula is C25H46O5. The largest absolute Gasteiger partial charge is 0.463 e. The summed E-state index contributed by atoms with van der Waals surface area (Å²) in [5.74, 6) is -0.778. The number of esters is 2. The number of rotatable bonds is 21. The van der Waals surface area contributed by atoms with Crippen molar-refractivity contribution in [3.05, 3.63) is 12.2 Å². The summed E-state index contributed by atoms with van der Waals surface area (Å²) in [4.78, 5) is 23.2. The van der Waals surface area contributed by atoms with E-state index in [1.165, 1.54) is 70.6 Å². The van der Waals surface area contributed by atoms with Gasteiger partial charge in [0.15, 0.2) is 0 Å². The molecule has 0 aliphatic heterocycles. The summed E-state index contributed by atoms with van der Waals surface area (Å²) in [7, 11) is 1.64. The molecule has 0 aromatic heterocycles. The summed E-state index contributed by atoms with van der Waals surface area (Å²) in [6.45, 7) is 5.61. The standard InChI is InChI=1S/C25H46O5/c1-4-5-6-7-8-9-10-11-12-13-14-15-16-20-29-24(26)17-18-25(27)30-22-23(2)19-21-28-3/h17-18,23H,4-16,19-22H2,1-3H3/b18-17+. The highest BCUT2D eigenvalue weighted by molar-refractivity contribution is 5.91. The molecule has 176 valence electrons. The van der Waals surface area contributed by atoms with Gasteiger partial charge in [-0.15, -0.1) is 0 Å².